The van der Waals surface area contributed by atoms with E-state index >= 15 is 0 Å². The van der Waals surface area contributed by atoms with Crippen LogP contribution in [0.4, 0.5) is 11.6 Å². The zero-order valence-corrected chi connectivity index (χ0v) is 15.9. The molecule has 158 valence electrons. The molecule has 2 aromatic heterocycles. The fourth-order valence-electron chi connectivity index (χ4n) is 1.99. The van der Waals surface area contributed by atoms with Crippen molar-refractivity contribution >= 4 is 29.4 Å². The molecule has 29 heavy (non-hydrogen) atoms. The lowest BCUT2D eigenvalue weighted by Crippen LogP contribution is -2.20. The third kappa shape index (κ3) is 7.33. The van der Waals surface area contributed by atoms with Gasteiger partial charge in [-0.15, -0.1) is 0 Å². The Hall–Kier alpha value is -3.29. The van der Waals surface area contributed by atoms with Gasteiger partial charge >= 0.3 is 5.97 Å². The van der Waals surface area contributed by atoms with Gasteiger partial charge in [-0.25, -0.2) is 4.79 Å². The van der Waals surface area contributed by atoms with E-state index in [0.29, 0.717) is 19.8 Å². The summed E-state index contributed by atoms with van der Waals surface area (Å²) in [7, 11) is 2.80. The van der Waals surface area contributed by atoms with Gasteiger partial charge in [0.1, 0.15) is 18.0 Å². The molecule has 0 bridgehead atoms. The molecule has 4 N–H and O–H groups in total. The standard InChI is InChI=1S/C16H22N6O7/c1-26-3-4-28-5-6-29-9-14(23)17-12-7-10(19-21-12)15(24)18-13-8-11(20-22-13)16(25)27-2/h7-8H,3-6,9H2,1-2H3,(H2,17,19,21,23)(H2,18,20,22,24). The summed E-state index contributed by atoms with van der Waals surface area (Å²) < 4.78 is 19.7. The predicted molar refractivity (Wildman–Crippen MR) is 98.6 cm³/mol. The number of H-pyrrole nitrogens is 2. The Morgan fingerprint density at radius 1 is 0.897 bits per heavy atom. The van der Waals surface area contributed by atoms with E-state index in [1.165, 1.54) is 19.2 Å². The molecular weight excluding hydrogens is 388 g/mol. The molecule has 0 aliphatic heterocycles. The van der Waals surface area contributed by atoms with E-state index in [1.807, 2.05) is 0 Å². The second kappa shape index (κ2) is 11.5. The van der Waals surface area contributed by atoms with Crippen molar-refractivity contribution in [3.05, 3.63) is 23.5 Å². The van der Waals surface area contributed by atoms with Crippen molar-refractivity contribution in [3.8, 4) is 0 Å². The molecule has 2 amide bonds. The van der Waals surface area contributed by atoms with Crippen LogP contribution < -0.4 is 10.6 Å². The van der Waals surface area contributed by atoms with Crippen LogP contribution in [0.5, 0.6) is 0 Å². The summed E-state index contributed by atoms with van der Waals surface area (Å²) in [4.78, 5) is 35.3. The van der Waals surface area contributed by atoms with Gasteiger partial charge in [-0.2, -0.15) is 10.2 Å². The van der Waals surface area contributed by atoms with Crippen molar-refractivity contribution in [2.45, 2.75) is 0 Å². The van der Waals surface area contributed by atoms with Crippen molar-refractivity contribution in [2.75, 3.05) is 57.9 Å². The maximum Gasteiger partial charge on any atom is 0.356 e. The number of nitrogens with one attached hydrogen (secondary N) is 4. The summed E-state index contributed by atoms with van der Waals surface area (Å²) in [5.74, 6) is -1.34. The van der Waals surface area contributed by atoms with Gasteiger partial charge in [-0.1, -0.05) is 0 Å². The molecule has 0 aromatic carbocycles. The first kappa shape index (κ1) is 22.0. The van der Waals surface area contributed by atoms with Crippen molar-refractivity contribution in [3.63, 3.8) is 0 Å². The van der Waals surface area contributed by atoms with Crippen molar-refractivity contribution in [1.29, 1.82) is 0 Å². The van der Waals surface area contributed by atoms with E-state index in [-0.39, 0.29) is 36.2 Å². The molecule has 0 spiro atoms. The number of esters is 1. The van der Waals surface area contributed by atoms with E-state index in [0.717, 1.165) is 0 Å². The average Bonchev–Trinajstić information content (AvgIpc) is 3.36. The van der Waals surface area contributed by atoms with E-state index in [4.69, 9.17) is 14.2 Å². The molecule has 0 aliphatic carbocycles. The Bertz CT molecular complexity index is 818. The lowest BCUT2D eigenvalue weighted by molar-refractivity contribution is -0.121. The first-order valence-electron chi connectivity index (χ1n) is 8.48. The first-order valence-corrected chi connectivity index (χ1v) is 8.48. The molecule has 0 saturated carbocycles. The molecule has 2 rings (SSSR count). The van der Waals surface area contributed by atoms with Crippen LogP contribution in [0.25, 0.3) is 0 Å². The maximum atomic E-state index is 12.2. The van der Waals surface area contributed by atoms with Crippen LogP contribution in [0.15, 0.2) is 12.1 Å². The summed E-state index contributed by atoms with van der Waals surface area (Å²) in [6, 6.07) is 2.66. The summed E-state index contributed by atoms with van der Waals surface area (Å²) in [6.07, 6.45) is 0. The largest absolute Gasteiger partial charge is 0.464 e. The van der Waals surface area contributed by atoms with E-state index < -0.39 is 17.8 Å². The maximum absolute atomic E-state index is 12.2. The highest BCUT2D eigenvalue weighted by molar-refractivity contribution is 6.03. The molecule has 0 saturated heterocycles. The van der Waals surface area contributed by atoms with Crippen LogP contribution in [-0.2, 0) is 23.7 Å². The van der Waals surface area contributed by atoms with Gasteiger partial charge in [0.15, 0.2) is 11.6 Å². The van der Waals surface area contributed by atoms with E-state index in [9.17, 15) is 14.4 Å². The van der Waals surface area contributed by atoms with Crippen molar-refractivity contribution in [2.24, 2.45) is 0 Å². The van der Waals surface area contributed by atoms with Gasteiger partial charge in [0.2, 0.25) is 0 Å². The lowest BCUT2D eigenvalue weighted by Gasteiger charge is -2.05. The zero-order chi connectivity index (χ0) is 21.1. The third-order valence-electron chi connectivity index (χ3n) is 3.35. The number of ether oxygens (including phenoxy) is 4. The smallest absolute Gasteiger partial charge is 0.356 e. The zero-order valence-electron chi connectivity index (χ0n) is 15.9. The number of carbonyl (C=O) groups is 3. The predicted octanol–water partition coefficient (Wildman–Crippen LogP) is -0.210. The third-order valence-corrected chi connectivity index (χ3v) is 3.35. The number of anilines is 2. The Morgan fingerprint density at radius 3 is 2.24 bits per heavy atom. The number of hydrogen-bond donors (Lipinski definition) is 4. The van der Waals surface area contributed by atoms with Gasteiger partial charge in [0.25, 0.3) is 11.8 Å². The van der Waals surface area contributed by atoms with E-state index in [2.05, 4.69) is 35.8 Å². The van der Waals surface area contributed by atoms with Crippen molar-refractivity contribution < 1.29 is 33.3 Å². The SMILES string of the molecule is COCCOCCOCC(=O)Nc1cc(C(=O)Nc2cc(C(=O)OC)[nH]n2)[nH]n1. The quantitative estimate of drug-likeness (QED) is 0.273. The molecular formula is C16H22N6O7. The van der Waals surface area contributed by atoms with Gasteiger partial charge in [-0.05, 0) is 0 Å². The fourth-order valence-corrected chi connectivity index (χ4v) is 1.99. The van der Waals surface area contributed by atoms with Crippen LogP contribution in [0, 0.1) is 0 Å². The highest BCUT2D eigenvalue weighted by Crippen LogP contribution is 2.10. The molecule has 0 atom stereocenters. The van der Waals surface area contributed by atoms with Gasteiger partial charge < -0.3 is 29.6 Å². The molecule has 0 radical (unpaired) electrons. The summed E-state index contributed by atoms with van der Waals surface area (Å²) in [5, 5.41) is 17.5. The number of aromatic nitrogens is 4. The molecule has 2 heterocycles. The van der Waals surface area contributed by atoms with Gasteiger partial charge in [0, 0.05) is 19.2 Å². The number of hydrogen-bond acceptors (Lipinski definition) is 9. The minimum Gasteiger partial charge on any atom is -0.464 e. The molecule has 13 nitrogen and oxygen atoms in total. The summed E-state index contributed by atoms with van der Waals surface area (Å²) in [6.45, 7) is 1.34. The van der Waals surface area contributed by atoms with Crippen molar-refractivity contribution in [1.82, 2.24) is 20.4 Å². The Balaban J connectivity index is 1.73. The number of rotatable bonds is 12. The molecule has 13 heteroatoms. The van der Waals surface area contributed by atoms with Crippen LogP contribution in [0.1, 0.15) is 21.0 Å². The number of aromatic amines is 2. The van der Waals surface area contributed by atoms with Crippen LogP contribution in [-0.4, -0.2) is 85.4 Å². The van der Waals surface area contributed by atoms with Crippen LogP contribution >= 0.6 is 0 Å². The Morgan fingerprint density at radius 2 is 1.52 bits per heavy atom. The Labute approximate surface area is 165 Å². The molecule has 2 aromatic rings. The first-order chi connectivity index (χ1) is 14.0. The average molecular weight is 410 g/mol. The highest BCUT2D eigenvalue weighted by Gasteiger charge is 2.15. The number of carbonyl (C=O) groups excluding carboxylic acids is 3. The Kier molecular flexibility index (Phi) is 8.75. The second-order valence-electron chi connectivity index (χ2n) is 5.49. The number of methoxy groups -OCH3 is 2. The van der Waals surface area contributed by atoms with E-state index in [1.54, 1.807) is 7.11 Å². The second-order valence-corrected chi connectivity index (χ2v) is 5.49. The normalized spacial score (nSPS) is 10.6. The van der Waals surface area contributed by atoms with Crippen LogP contribution in [0.3, 0.4) is 0 Å². The minimum atomic E-state index is -0.617. The minimum absolute atomic E-state index is 0.0791. The molecule has 0 unspecified atom stereocenters. The molecule has 0 aliphatic rings. The van der Waals surface area contributed by atoms with Gasteiger partial charge in [0.05, 0.1) is 33.5 Å². The number of amides is 2. The highest BCUT2D eigenvalue weighted by atomic mass is 16.5. The fraction of sp³-hybridized carbons (Fsp3) is 0.438. The number of nitrogens with zero attached hydrogens (tertiary/aromatic N) is 2. The van der Waals surface area contributed by atoms with Gasteiger partial charge in [-0.3, -0.25) is 19.8 Å². The summed E-state index contributed by atoms with van der Waals surface area (Å²) >= 11 is 0. The van der Waals surface area contributed by atoms with Crippen LogP contribution in [0.2, 0.25) is 0 Å². The topological polar surface area (TPSA) is 170 Å². The monoisotopic (exact) mass is 410 g/mol. The summed E-state index contributed by atoms with van der Waals surface area (Å²) in [5.41, 5.74) is 0.167. The molecule has 0 fully saturated rings. The lowest BCUT2D eigenvalue weighted by atomic mass is 10.3.